The third-order valence-corrected chi connectivity index (χ3v) is 3.90. The zero-order valence-corrected chi connectivity index (χ0v) is 10.2. The van der Waals surface area contributed by atoms with Crippen LogP contribution in [0.3, 0.4) is 0 Å². The van der Waals surface area contributed by atoms with E-state index in [0.717, 1.165) is 19.4 Å². The maximum atomic E-state index is 11.9. The number of carbonyl (C=O) groups is 1. The van der Waals surface area contributed by atoms with Crippen molar-refractivity contribution in [3.05, 3.63) is 0 Å². The third kappa shape index (κ3) is 2.23. The van der Waals surface area contributed by atoms with Gasteiger partial charge in [-0.15, -0.1) is 0 Å². The average Bonchev–Trinajstić information content (AvgIpc) is 2.64. The summed E-state index contributed by atoms with van der Waals surface area (Å²) >= 11 is 0. The van der Waals surface area contributed by atoms with Crippen molar-refractivity contribution in [1.29, 1.82) is 0 Å². The number of nitrogens with zero attached hydrogens (tertiary/aromatic N) is 1. The summed E-state index contributed by atoms with van der Waals surface area (Å²) in [6.07, 6.45) is 2.80. The van der Waals surface area contributed by atoms with E-state index in [4.69, 9.17) is 10.5 Å². The monoisotopic (exact) mass is 226 g/mol. The Morgan fingerprint density at radius 2 is 2.25 bits per heavy atom. The van der Waals surface area contributed by atoms with Crippen LogP contribution >= 0.6 is 0 Å². The highest BCUT2D eigenvalue weighted by Crippen LogP contribution is 2.27. The van der Waals surface area contributed by atoms with Crippen LogP contribution in [-0.2, 0) is 9.53 Å². The summed E-state index contributed by atoms with van der Waals surface area (Å²) in [5.41, 5.74) is 6.00. The molecule has 0 aromatic rings. The average molecular weight is 226 g/mol. The molecule has 16 heavy (non-hydrogen) atoms. The molecule has 0 saturated carbocycles. The SMILES string of the molecule is CC(C)C1(N)CN(C(=O)CC2CCCO2)C1. The lowest BCUT2D eigenvalue weighted by atomic mass is 9.80. The predicted octanol–water partition coefficient (Wildman–Crippen LogP) is 0.751. The van der Waals surface area contributed by atoms with Crippen LogP contribution in [0, 0.1) is 5.92 Å². The van der Waals surface area contributed by atoms with Gasteiger partial charge in [-0.3, -0.25) is 4.79 Å². The Labute approximate surface area is 97.1 Å². The fourth-order valence-electron chi connectivity index (χ4n) is 2.34. The van der Waals surface area contributed by atoms with Crippen LogP contribution in [0.2, 0.25) is 0 Å². The van der Waals surface area contributed by atoms with Crippen LogP contribution in [0.15, 0.2) is 0 Å². The predicted molar refractivity (Wildman–Crippen MR) is 61.9 cm³/mol. The Balaban J connectivity index is 1.76. The molecule has 1 amide bonds. The minimum atomic E-state index is -0.161. The van der Waals surface area contributed by atoms with Crippen molar-refractivity contribution in [2.45, 2.75) is 44.8 Å². The molecule has 2 rings (SSSR count). The Kier molecular flexibility index (Phi) is 3.22. The number of rotatable bonds is 3. The molecule has 0 radical (unpaired) electrons. The molecule has 2 aliphatic rings. The smallest absolute Gasteiger partial charge is 0.225 e. The van der Waals surface area contributed by atoms with E-state index < -0.39 is 0 Å². The highest BCUT2D eigenvalue weighted by molar-refractivity contribution is 5.78. The van der Waals surface area contributed by atoms with Gasteiger partial charge in [-0.05, 0) is 18.8 Å². The molecule has 4 heteroatoms. The first-order valence-electron chi connectivity index (χ1n) is 6.19. The topological polar surface area (TPSA) is 55.6 Å². The van der Waals surface area contributed by atoms with Gasteiger partial charge in [0.05, 0.1) is 18.1 Å². The lowest BCUT2D eigenvalue weighted by molar-refractivity contribution is -0.142. The molecule has 0 aliphatic carbocycles. The molecule has 2 aliphatic heterocycles. The number of hydrogen-bond acceptors (Lipinski definition) is 3. The Bertz CT molecular complexity index is 266. The van der Waals surface area contributed by atoms with Crippen LogP contribution < -0.4 is 5.73 Å². The van der Waals surface area contributed by atoms with Crippen LogP contribution in [0.1, 0.15) is 33.1 Å². The van der Waals surface area contributed by atoms with E-state index in [1.165, 1.54) is 0 Å². The van der Waals surface area contributed by atoms with Gasteiger partial charge in [0, 0.05) is 19.7 Å². The van der Waals surface area contributed by atoms with Crippen molar-refractivity contribution in [3.63, 3.8) is 0 Å². The van der Waals surface area contributed by atoms with E-state index in [0.29, 0.717) is 25.4 Å². The fraction of sp³-hybridized carbons (Fsp3) is 0.917. The molecular formula is C12H22N2O2. The Morgan fingerprint density at radius 1 is 1.56 bits per heavy atom. The number of likely N-dealkylation sites (tertiary alicyclic amines) is 1. The fourth-order valence-corrected chi connectivity index (χ4v) is 2.34. The molecule has 2 fully saturated rings. The van der Waals surface area contributed by atoms with Gasteiger partial charge in [-0.25, -0.2) is 0 Å². The highest BCUT2D eigenvalue weighted by Gasteiger charge is 2.44. The Morgan fingerprint density at radius 3 is 2.75 bits per heavy atom. The van der Waals surface area contributed by atoms with E-state index >= 15 is 0 Å². The summed E-state index contributed by atoms with van der Waals surface area (Å²) in [6, 6.07) is 0. The summed E-state index contributed by atoms with van der Waals surface area (Å²) < 4.78 is 5.46. The zero-order valence-electron chi connectivity index (χ0n) is 10.2. The quantitative estimate of drug-likeness (QED) is 0.772. The maximum absolute atomic E-state index is 11.9. The summed E-state index contributed by atoms with van der Waals surface area (Å²) in [7, 11) is 0. The van der Waals surface area contributed by atoms with Gasteiger partial charge in [0.2, 0.25) is 5.91 Å². The van der Waals surface area contributed by atoms with Crippen molar-refractivity contribution >= 4 is 5.91 Å². The molecular weight excluding hydrogens is 204 g/mol. The van der Waals surface area contributed by atoms with Crippen LogP contribution in [0.25, 0.3) is 0 Å². The van der Waals surface area contributed by atoms with Crippen molar-refractivity contribution < 1.29 is 9.53 Å². The minimum Gasteiger partial charge on any atom is -0.378 e. The molecule has 92 valence electrons. The van der Waals surface area contributed by atoms with Gasteiger partial charge in [0.15, 0.2) is 0 Å². The van der Waals surface area contributed by atoms with Crippen LogP contribution in [-0.4, -0.2) is 42.1 Å². The molecule has 1 atom stereocenters. The third-order valence-electron chi connectivity index (χ3n) is 3.90. The molecule has 2 heterocycles. The molecule has 2 N–H and O–H groups in total. The summed E-state index contributed by atoms with van der Waals surface area (Å²) in [5.74, 6) is 0.632. The number of hydrogen-bond donors (Lipinski definition) is 1. The number of ether oxygens (including phenoxy) is 1. The molecule has 2 saturated heterocycles. The van der Waals surface area contributed by atoms with Gasteiger partial charge in [0.25, 0.3) is 0 Å². The second-order valence-electron chi connectivity index (χ2n) is 5.48. The van der Waals surface area contributed by atoms with E-state index in [1.54, 1.807) is 0 Å². The molecule has 1 unspecified atom stereocenters. The first-order valence-corrected chi connectivity index (χ1v) is 6.19. The van der Waals surface area contributed by atoms with E-state index in [-0.39, 0.29) is 17.6 Å². The first kappa shape index (κ1) is 11.9. The van der Waals surface area contributed by atoms with Gasteiger partial charge < -0.3 is 15.4 Å². The molecule has 0 spiro atoms. The summed E-state index contributed by atoms with van der Waals surface area (Å²) in [6.45, 7) is 6.45. The van der Waals surface area contributed by atoms with Crippen LogP contribution in [0.5, 0.6) is 0 Å². The molecule has 0 aromatic carbocycles. The minimum absolute atomic E-state index is 0.152. The Hall–Kier alpha value is -0.610. The van der Waals surface area contributed by atoms with E-state index in [1.807, 2.05) is 4.90 Å². The van der Waals surface area contributed by atoms with E-state index in [2.05, 4.69) is 13.8 Å². The van der Waals surface area contributed by atoms with Gasteiger partial charge >= 0.3 is 0 Å². The zero-order chi connectivity index (χ0) is 11.8. The molecule has 4 nitrogen and oxygen atoms in total. The first-order chi connectivity index (χ1) is 7.51. The standard InChI is InChI=1S/C12H22N2O2/c1-9(2)12(13)7-14(8-12)11(15)6-10-4-3-5-16-10/h9-10H,3-8,13H2,1-2H3. The second kappa shape index (κ2) is 4.34. The van der Waals surface area contributed by atoms with Crippen LogP contribution in [0.4, 0.5) is 0 Å². The summed E-state index contributed by atoms with van der Waals surface area (Å²) in [4.78, 5) is 13.7. The maximum Gasteiger partial charge on any atom is 0.225 e. The van der Waals surface area contributed by atoms with Crippen molar-refractivity contribution in [2.24, 2.45) is 11.7 Å². The molecule has 0 aromatic heterocycles. The number of nitrogens with two attached hydrogens (primary N) is 1. The van der Waals surface area contributed by atoms with Gasteiger partial charge in [-0.1, -0.05) is 13.8 Å². The lowest BCUT2D eigenvalue weighted by Crippen LogP contribution is -2.71. The van der Waals surface area contributed by atoms with Gasteiger partial charge in [-0.2, -0.15) is 0 Å². The van der Waals surface area contributed by atoms with E-state index in [9.17, 15) is 4.79 Å². The van der Waals surface area contributed by atoms with Crippen molar-refractivity contribution in [3.8, 4) is 0 Å². The normalized spacial score (nSPS) is 28.2. The second-order valence-corrected chi connectivity index (χ2v) is 5.48. The van der Waals surface area contributed by atoms with Crippen molar-refractivity contribution in [1.82, 2.24) is 4.90 Å². The van der Waals surface area contributed by atoms with Crippen molar-refractivity contribution in [2.75, 3.05) is 19.7 Å². The van der Waals surface area contributed by atoms with Gasteiger partial charge in [0.1, 0.15) is 0 Å². The molecule has 0 bridgehead atoms. The lowest BCUT2D eigenvalue weighted by Gasteiger charge is -2.50. The largest absolute Gasteiger partial charge is 0.378 e. The number of carbonyl (C=O) groups excluding carboxylic acids is 1. The highest BCUT2D eigenvalue weighted by atomic mass is 16.5. The number of amides is 1. The summed E-state index contributed by atoms with van der Waals surface area (Å²) in [5, 5.41) is 0.